The molecule has 0 aliphatic heterocycles. The van der Waals surface area contributed by atoms with Crippen LogP contribution in [0.1, 0.15) is 25.1 Å². The number of hydrogen-bond donors (Lipinski definition) is 0. The predicted octanol–water partition coefficient (Wildman–Crippen LogP) is 1.39. The third kappa shape index (κ3) is 3.27. The van der Waals surface area contributed by atoms with Crippen LogP contribution >= 0.6 is 0 Å². The van der Waals surface area contributed by atoms with E-state index in [1.807, 2.05) is 6.92 Å². The van der Waals surface area contributed by atoms with Crippen LogP contribution < -0.4 is 0 Å². The minimum Gasteiger partial charge on any atom is -0.227 e. The first-order chi connectivity index (χ1) is 6.80. The molecule has 0 fully saturated rings. The Morgan fingerprint density at radius 1 is 1.40 bits per heavy atom. The number of sulfone groups is 1. The molecule has 0 unspecified atom stereocenters. The van der Waals surface area contributed by atoms with E-state index in [0.717, 1.165) is 23.9 Å². The van der Waals surface area contributed by atoms with Gasteiger partial charge in [-0.05, 0) is 24.8 Å². The second-order valence-corrected chi connectivity index (χ2v) is 6.06. The maximum Gasteiger partial charge on any atom is 0.246 e. The molecule has 5 heteroatoms. The van der Waals surface area contributed by atoms with Crippen molar-refractivity contribution in [3.8, 4) is 0 Å². The van der Waals surface area contributed by atoms with E-state index in [1.165, 1.54) is 0 Å². The van der Waals surface area contributed by atoms with Gasteiger partial charge in [0.05, 0.1) is 0 Å². The Bertz CT molecular complexity index is 452. The number of aryl methyl sites for hydroxylation is 1. The molecular formula is C10H16N2O2S. The fourth-order valence-electron chi connectivity index (χ4n) is 1.23. The van der Waals surface area contributed by atoms with Crippen LogP contribution in [0, 0.1) is 12.8 Å². The monoisotopic (exact) mass is 228 g/mol. The minimum atomic E-state index is -3.30. The zero-order valence-corrected chi connectivity index (χ0v) is 10.3. The van der Waals surface area contributed by atoms with Gasteiger partial charge < -0.3 is 0 Å². The number of nitrogens with zero attached hydrogens (tertiary/aromatic N) is 2. The van der Waals surface area contributed by atoms with Crippen LogP contribution in [0.3, 0.4) is 0 Å². The quantitative estimate of drug-likeness (QED) is 0.733. The normalized spacial score (nSPS) is 12.1. The van der Waals surface area contributed by atoms with Gasteiger partial charge in [-0.1, -0.05) is 13.8 Å². The SMILES string of the molecule is Cc1cnc(S(C)(=O)=O)nc1CC(C)C. The molecule has 0 saturated heterocycles. The van der Waals surface area contributed by atoms with E-state index in [9.17, 15) is 8.42 Å². The fourth-order valence-corrected chi connectivity index (χ4v) is 1.75. The van der Waals surface area contributed by atoms with Crippen LogP contribution in [0.15, 0.2) is 11.4 Å². The maximum atomic E-state index is 11.3. The molecule has 0 saturated carbocycles. The highest BCUT2D eigenvalue weighted by Gasteiger charge is 2.13. The van der Waals surface area contributed by atoms with Gasteiger partial charge >= 0.3 is 0 Å². The standard InChI is InChI=1S/C10H16N2O2S/c1-7(2)5-9-8(3)6-11-10(12-9)15(4,13)14/h6-7H,5H2,1-4H3. The van der Waals surface area contributed by atoms with Crippen molar-refractivity contribution in [1.82, 2.24) is 9.97 Å². The lowest BCUT2D eigenvalue weighted by Gasteiger charge is -2.08. The van der Waals surface area contributed by atoms with Gasteiger partial charge in [0.15, 0.2) is 0 Å². The second kappa shape index (κ2) is 4.26. The molecule has 0 atom stereocenters. The van der Waals surface area contributed by atoms with Gasteiger partial charge in [0.2, 0.25) is 15.0 Å². The van der Waals surface area contributed by atoms with Crippen molar-refractivity contribution in [2.75, 3.05) is 6.26 Å². The lowest BCUT2D eigenvalue weighted by molar-refractivity contribution is 0.585. The second-order valence-electron chi connectivity index (χ2n) is 4.15. The molecule has 4 nitrogen and oxygen atoms in total. The summed E-state index contributed by atoms with van der Waals surface area (Å²) in [5, 5.41) is -0.0799. The zero-order chi connectivity index (χ0) is 11.6. The molecule has 0 radical (unpaired) electrons. The Hall–Kier alpha value is -0.970. The smallest absolute Gasteiger partial charge is 0.227 e. The number of rotatable bonds is 3. The van der Waals surface area contributed by atoms with Crippen LogP contribution in [0.4, 0.5) is 0 Å². The van der Waals surface area contributed by atoms with Crippen molar-refractivity contribution < 1.29 is 8.42 Å². The van der Waals surface area contributed by atoms with Crippen molar-refractivity contribution in [3.63, 3.8) is 0 Å². The first kappa shape index (κ1) is 12.1. The average Bonchev–Trinajstić information content (AvgIpc) is 2.06. The van der Waals surface area contributed by atoms with Crippen molar-refractivity contribution in [2.24, 2.45) is 5.92 Å². The summed E-state index contributed by atoms with van der Waals surface area (Å²) in [5.74, 6) is 0.450. The van der Waals surface area contributed by atoms with Crippen LogP contribution in [-0.4, -0.2) is 24.6 Å². The van der Waals surface area contributed by atoms with E-state index in [-0.39, 0.29) is 5.16 Å². The lowest BCUT2D eigenvalue weighted by Crippen LogP contribution is -2.09. The van der Waals surface area contributed by atoms with Gasteiger partial charge in [-0.3, -0.25) is 0 Å². The van der Waals surface area contributed by atoms with E-state index >= 15 is 0 Å². The number of aromatic nitrogens is 2. The average molecular weight is 228 g/mol. The highest BCUT2D eigenvalue weighted by atomic mass is 32.2. The summed E-state index contributed by atoms with van der Waals surface area (Å²) < 4.78 is 22.5. The van der Waals surface area contributed by atoms with Gasteiger partial charge in [-0.15, -0.1) is 0 Å². The molecule has 0 N–H and O–H groups in total. The van der Waals surface area contributed by atoms with Gasteiger partial charge in [0, 0.05) is 18.1 Å². The first-order valence-electron chi connectivity index (χ1n) is 4.83. The zero-order valence-electron chi connectivity index (χ0n) is 9.48. The Morgan fingerprint density at radius 2 is 2.00 bits per heavy atom. The molecule has 84 valence electrons. The summed E-state index contributed by atoms with van der Waals surface area (Å²) in [5.41, 5.74) is 1.76. The summed E-state index contributed by atoms with van der Waals surface area (Å²) >= 11 is 0. The van der Waals surface area contributed by atoms with Crippen molar-refractivity contribution in [3.05, 3.63) is 17.5 Å². The molecule has 1 aromatic rings. The highest BCUT2D eigenvalue weighted by Crippen LogP contribution is 2.12. The maximum absolute atomic E-state index is 11.3. The molecule has 1 aromatic heterocycles. The Balaban J connectivity index is 3.17. The van der Waals surface area contributed by atoms with Crippen LogP contribution in [0.5, 0.6) is 0 Å². The molecule has 0 bridgehead atoms. The predicted molar refractivity (Wildman–Crippen MR) is 58.4 cm³/mol. The molecule has 1 heterocycles. The van der Waals surface area contributed by atoms with Crippen LogP contribution in [0.25, 0.3) is 0 Å². The molecule has 15 heavy (non-hydrogen) atoms. The topological polar surface area (TPSA) is 59.9 Å². The first-order valence-corrected chi connectivity index (χ1v) is 6.72. The third-order valence-corrected chi connectivity index (χ3v) is 2.85. The molecular weight excluding hydrogens is 212 g/mol. The highest BCUT2D eigenvalue weighted by molar-refractivity contribution is 7.90. The molecule has 0 aliphatic carbocycles. The van der Waals surface area contributed by atoms with Crippen LogP contribution in [0.2, 0.25) is 0 Å². The molecule has 0 aromatic carbocycles. The van der Waals surface area contributed by atoms with E-state index in [0.29, 0.717) is 5.92 Å². The third-order valence-electron chi connectivity index (χ3n) is 1.99. The Morgan fingerprint density at radius 3 is 2.47 bits per heavy atom. The summed E-state index contributed by atoms with van der Waals surface area (Å²) in [7, 11) is -3.30. The summed E-state index contributed by atoms with van der Waals surface area (Å²) in [6.07, 6.45) is 3.47. The van der Waals surface area contributed by atoms with E-state index in [2.05, 4.69) is 23.8 Å². The number of hydrogen-bond acceptors (Lipinski definition) is 4. The van der Waals surface area contributed by atoms with Crippen molar-refractivity contribution >= 4 is 9.84 Å². The largest absolute Gasteiger partial charge is 0.246 e. The Kier molecular flexibility index (Phi) is 3.44. The summed E-state index contributed by atoms with van der Waals surface area (Å²) in [6.45, 7) is 6.03. The minimum absolute atomic E-state index is 0.0799. The van der Waals surface area contributed by atoms with E-state index < -0.39 is 9.84 Å². The van der Waals surface area contributed by atoms with Crippen molar-refractivity contribution in [2.45, 2.75) is 32.3 Å². The molecule has 0 amide bonds. The van der Waals surface area contributed by atoms with Gasteiger partial charge in [0.25, 0.3) is 0 Å². The fraction of sp³-hybridized carbons (Fsp3) is 0.600. The van der Waals surface area contributed by atoms with Crippen molar-refractivity contribution in [1.29, 1.82) is 0 Å². The van der Waals surface area contributed by atoms with Gasteiger partial charge in [-0.25, -0.2) is 18.4 Å². The molecule has 0 aliphatic rings. The molecule has 0 spiro atoms. The molecule has 1 rings (SSSR count). The summed E-state index contributed by atoms with van der Waals surface area (Å²) in [6, 6.07) is 0. The lowest BCUT2D eigenvalue weighted by atomic mass is 10.1. The van der Waals surface area contributed by atoms with E-state index in [4.69, 9.17) is 0 Å². The van der Waals surface area contributed by atoms with E-state index in [1.54, 1.807) is 6.20 Å². The summed E-state index contributed by atoms with van der Waals surface area (Å²) in [4.78, 5) is 7.90. The van der Waals surface area contributed by atoms with Crippen LogP contribution in [-0.2, 0) is 16.3 Å². The Labute approximate surface area is 90.7 Å². The van der Waals surface area contributed by atoms with Gasteiger partial charge in [0.1, 0.15) is 0 Å². The van der Waals surface area contributed by atoms with Gasteiger partial charge in [-0.2, -0.15) is 0 Å².